The third kappa shape index (κ3) is 2.96. The summed E-state index contributed by atoms with van der Waals surface area (Å²) in [6, 6.07) is 0. The Bertz CT molecular complexity index is 520. The minimum absolute atomic E-state index is 0.0377. The second kappa shape index (κ2) is 5.71. The van der Waals surface area contributed by atoms with Crippen molar-refractivity contribution in [3.05, 3.63) is 23.5 Å². The van der Waals surface area contributed by atoms with E-state index in [4.69, 9.17) is 0 Å². The first-order chi connectivity index (χ1) is 9.12. The normalized spacial score (nSPS) is 11.9. The minimum atomic E-state index is -0.506. The second-order valence-electron chi connectivity index (χ2n) is 4.70. The van der Waals surface area contributed by atoms with Crippen LogP contribution in [0.25, 0.3) is 4.96 Å². The van der Waals surface area contributed by atoms with Crippen LogP contribution in [0.5, 0.6) is 0 Å². The number of aromatic nitrogens is 2. The van der Waals surface area contributed by atoms with E-state index in [1.165, 1.54) is 0 Å². The van der Waals surface area contributed by atoms with Gasteiger partial charge in [0.25, 0.3) is 0 Å². The molecular weight excluding hydrogens is 262 g/mol. The first kappa shape index (κ1) is 14.0. The standard InChI is InChI=1S/C13H19N3O2S/c1-3-13(4-2,9-17)15-11(18)7-10-8-16-5-6-19-12(16)14-10/h5-6,8,17H,3-4,7,9H2,1-2H3,(H,15,18). The van der Waals surface area contributed by atoms with Crippen molar-refractivity contribution in [1.82, 2.24) is 14.7 Å². The molecular formula is C13H19N3O2S. The van der Waals surface area contributed by atoms with Gasteiger partial charge in [0.1, 0.15) is 0 Å². The molecule has 0 saturated heterocycles. The van der Waals surface area contributed by atoms with Crippen LogP contribution in [0.1, 0.15) is 32.4 Å². The zero-order valence-corrected chi connectivity index (χ0v) is 12.0. The molecule has 1 amide bonds. The molecule has 2 N–H and O–H groups in total. The van der Waals surface area contributed by atoms with Gasteiger partial charge in [-0.1, -0.05) is 13.8 Å². The molecule has 0 aromatic carbocycles. The maximum absolute atomic E-state index is 12.0. The fraction of sp³-hybridized carbons (Fsp3) is 0.538. The van der Waals surface area contributed by atoms with Crippen LogP contribution in [0.2, 0.25) is 0 Å². The van der Waals surface area contributed by atoms with Crippen molar-refractivity contribution in [2.45, 2.75) is 38.6 Å². The van der Waals surface area contributed by atoms with Crippen molar-refractivity contribution in [3.8, 4) is 0 Å². The number of carbonyl (C=O) groups excluding carboxylic acids is 1. The van der Waals surface area contributed by atoms with Gasteiger partial charge in [0, 0.05) is 17.8 Å². The van der Waals surface area contributed by atoms with Gasteiger partial charge in [0.15, 0.2) is 4.96 Å². The summed E-state index contributed by atoms with van der Waals surface area (Å²) in [6.07, 6.45) is 5.46. The van der Waals surface area contributed by atoms with Gasteiger partial charge in [0.2, 0.25) is 5.91 Å². The fourth-order valence-electron chi connectivity index (χ4n) is 2.06. The van der Waals surface area contributed by atoms with Crippen LogP contribution in [0, 0.1) is 0 Å². The number of rotatable bonds is 6. The number of thiazole rings is 1. The summed E-state index contributed by atoms with van der Waals surface area (Å²) >= 11 is 1.54. The molecule has 104 valence electrons. The van der Waals surface area contributed by atoms with E-state index >= 15 is 0 Å². The maximum atomic E-state index is 12.0. The van der Waals surface area contributed by atoms with Gasteiger partial charge in [-0.3, -0.25) is 9.20 Å². The summed E-state index contributed by atoms with van der Waals surface area (Å²) in [6.45, 7) is 3.89. The van der Waals surface area contributed by atoms with Gasteiger partial charge in [-0.25, -0.2) is 4.98 Å². The molecule has 0 saturated carbocycles. The number of carbonyl (C=O) groups is 1. The van der Waals surface area contributed by atoms with Crippen molar-refractivity contribution >= 4 is 22.2 Å². The van der Waals surface area contributed by atoms with Crippen molar-refractivity contribution in [1.29, 1.82) is 0 Å². The highest BCUT2D eigenvalue weighted by molar-refractivity contribution is 7.15. The lowest BCUT2D eigenvalue weighted by molar-refractivity contribution is -0.123. The van der Waals surface area contributed by atoms with Gasteiger partial charge >= 0.3 is 0 Å². The minimum Gasteiger partial charge on any atom is -0.394 e. The lowest BCUT2D eigenvalue weighted by atomic mass is 9.93. The zero-order chi connectivity index (χ0) is 13.9. The van der Waals surface area contributed by atoms with Crippen molar-refractivity contribution in [2.75, 3.05) is 6.61 Å². The number of fused-ring (bicyclic) bond motifs is 1. The number of aliphatic hydroxyl groups is 1. The molecule has 0 radical (unpaired) electrons. The Hall–Kier alpha value is -1.40. The van der Waals surface area contributed by atoms with E-state index < -0.39 is 5.54 Å². The Kier molecular flexibility index (Phi) is 4.21. The second-order valence-corrected chi connectivity index (χ2v) is 5.57. The van der Waals surface area contributed by atoms with Crippen LogP contribution in [0.3, 0.4) is 0 Å². The molecule has 0 unspecified atom stereocenters. The summed E-state index contributed by atoms with van der Waals surface area (Å²) in [5.74, 6) is -0.0940. The van der Waals surface area contributed by atoms with Crippen LogP contribution in [-0.4, -0.2) is 32.5 Å². The number of hydrogen-bond acceptors (Lipinski definition) is 4. The van der Waals surface area contributed by atoms with E-state index in [9.17, 15) is 9.90 Å². The summed E-state index contributed by atoms with van der Waals surface area (Å²) in [7, 11) is 0. The molecule has 0 bridgehead atoms. The van der Waals surface area contributed by atoms with E-state index in [2.05, 4.69) is 10.3 Å². The highest BCUT2D eigenvalue weighted by atomic mass is 32.1. The summed E-state index contributed by atoms with van der Waals surface area (Å²) < 4.78 is 1.91. The van der Waals surface area contributed by atoms with E-state index in [-0.39, 0.29) is 18.9 Å². The third-order valence-electron chi connectivity index (χ3n) is 3.55. The Morgan fingerprint density at radius 1 is 1.53 bits per heavy atom. The van der Waals surface area contributed by atoms with Gasteiger partial charge in [-0.05, 0) is 12.8 Å². The molecule has 0 fully saturated rings. The van der Waals surface area contributed by atoms with E-state index in [0.717, 1.165) is 10.7 Å². The molecule has 2 rings (SSSR count). The highest BCUT2D eigenvalue weighted by Crippen LogP contribution is 2.15. The monoisotopic (exact) mass is 281 g/mol. The fourth-order valence-corrected chi connectivity index (χ4v) is 2.77. The molecule has 0 aliphatic carbocycles. The largest absolute Gasteiger partial charge is 0.394 e. The average Bonchev–Trinajstić information content (AvgIpc) is 2.97. The Labute approximate surface area is 116 Å². The smallest absolute Gasteiger partial charge is 0.226 e. The van der Waals surface area contributed by atoms with E-state index in [0.29, 0.717) is 12.8 Å². The van der Waals surface area contributed by atoms with Gasteiger partial charge in [0.05, 0.1) is 24.3 Å². The predicted molar refractivity (Wildman–Crippen MR) is 75.3 cm³/mol. The molecule has 0 aliphatic heterocycles. The molecule has 2 aromatic heterocycles. The zero-order valence-electron chi connectivity index (χ0n) is 11.2. The van der Waals surface area contributed by atoms with Crippen molar-refractivity contribution in [3.63, 3.8) is 0 Å². The molecule has 5 nitrogen and oxygen atoms in total. The number of amides is 1. The summed E-state index contributed by atoms with van der Waals surface area (Å²) in [5, 5.41) is 14.3. The average molecular weight is 281 g/mol. The Morgan fingerprint density at radius 3 is 2.84 bits per heavy atom. The first-order valence-corrected chi connectivity index (χ1v) is 7.33. The number of nitrogens with zero attached hydrogens (tertiary/aromatic N) is 2. The first-order valence-electron chi connectivity index (χ1n) is 6.45. The van der Waals surface area contributed by atoms with Gasteiger partial charge in [-0.2, -0.15) is 0 Å². The van der Waals surface area contributed by atoms with Gasteiger partial charge in [-0.15, -0.1) is 11.3 Å². The molecule has 2 aromatic rings. The van der Waals surface area contributed by atoms with E-state index in [1.54, 1.807) is 11.3 Å². The van der Waals surface area contributed by atoms with Crippen molar-refractivity contribution in [2.24, 2.45) is 0 Å². The summed E-state index contributed by atoms with van der Waals surface area (Å²) in [5.41, 5.74) is 0.247. The van der Waals surface area contributed by atoms with Crippen LogP contribution in [0.4, 0.5) is 0 Å². The number of imidazole rings is 1. The molecule has 19 heavy (non-hydrogen) atoms. The molecule has 6 heteroatoms. The number of nitrogens with one attached hydrogen (secondary N) is 1. The summed E-state index contributed by atoms with van der Waals surface area (Å²) in [4.78, 5) is 17.3. The molecule has 0 aliphatic rings. The molecule has 2 heterocycles. The third-order valence-corrected chi connectivity index (χ3v) is 4.32. The highest BCUT2D eigenvalue weighted by Gasteiger charge is 2.27. The Morgan fingerprint density at radius 2 is 2.26 bits per heavy atom. The quantitative estimate of drug-likeness (QED) is 0.845. The van der Waals surface area contributed by atoms with Crippen molar-refractivity contribution < 1.29 is 9.90 Å². The maximum Gasteiger partial charge on any atom is 0.226 e. The Balaban J connectivity index is 2.02. The molecule has 0 atom stereocenters. The van der Waals surface area contributed by atoms with Gasteiger partial charge < -0.3 is 10.4 Å². The number of hydrogen-bond donors (Lipinski definition) is 2. The van der Waals surface area contributed by atoms with Crippen LogP contribution < -0.4 is 5.32 Å². The SMILES string of the molecule is CCC(CC)(CO)NC(=O)Cc1cn2ccsc2n1. The lowest BCUT2D eigenvalue weighted by Crippen LogP contribution is -2.51. The van der Waals surface area contributed by atoms with Crippen LogP contribution >= 0.6 is 11.3 Å². The number of aliphatic hydroxyl groups excluding tert-OH is 1. The van der Waals surface area contributed by atoms with Crippen LogP contribution in [0.15, 0.2) is 17.8 Å². The topological polar surface area (TPSA) is 66.6 Å². The predicted octanol–water partition coefficient (Wildman–Crippen LogP) is 1.61. The lowest BCUT2D eigenvalue weighted by Gasteiger charge is -2.30. The van der Waals surface area contributed by atoms with Crippen LogP contribution in [-0.2, 0) is 11.2 Å². The van der Waals surface area contributed by atoms with E-state index in [1.807, 2.05) is 36.0 Å². The molecule has 0 spiro atoms.